The van der Waals surface area contributed by atoms with Crippen LogP contribution in [0.1, 0.15) is 0 Å². The molecule has 0 atom stereocenters. The van der Waals surface area contributed by atoms with Gasteiger partial charge in [-0.3, -0.25) is 0 Å². The van der Waals surface area contributed by atoms with Crippen LogP contribution in [-0.2, 0) is 51.5 Å². The van der Waals surface area contributed by atoms with E-state index in [1.54, 1.807) is 0 Å². The molecule has 0 amide bonds. The van der Waals surface area contributed by atoms with Crippen molar-refractivity contribution in [1.29, 1.82) is 0 Å². The zero-order chi connectivity index (χ0) is 0. The molecular formula is IrO2Pd. The van der Waals surface area contributed by atoms with Crippen molar-refractivity contribution in [2.24, 2.45) is 0 Å². The maximum absolute atomic E-state index is 0. The molecule has 0 aliphatic heterocycles. The van der Waals surface area contributed by atoms with Crippen LogP contribution in [0.4, 0.5) is 0 Å². The Morgan fingerprint density at radius 1 is 0.750 bits per heavy atom. The molecule has 1 radical (unpaired) electrons. The molecule has 0 aliphatic carbocycles. The quantitative estimate of drug-likeness (QED) is 0.551. The maximum Gasteiger partial charge on any atom is 4.00 e. The Balaban J connectivity index is 0. The SMILES string of the molecule is [Ir+4].[O-2].[O-2].[Pd]. The van der Waals surface area contributed by atoms with Crippen LogP contribution in [0.2, 0.25) is 0 Å². The Labute approximate surface area is 51.6 Å². The van der Waals surface area contributed by atoms with Crippen molar-refractivity contribution in [3.63, 3.8) is 0 Å². The van der Waals surface area contributed by atoms with Gasteiger partial charge in [-0.25, -0.2) is 0 Å². The standard InChI is InChI=1S/Ir.2O.Pd/q+4;2*-2;. The molecule has 0 spiro atoms. The van der Waals surface area contributed by atoms with Gasteiger partial charge < -0.3 is 11.0 Å². The molecule has 0 aliphatic rings. The minimum absolute atomic E-state index is 0. The van der Waals surface area contributed by atoms with Crippen molar-refractivity contribution >= 4 is 0 Å². The molecule has 2 nitrogen and oxygen atoms in total. The molecular weight excluding hydrogens is 331 g/mol. The average molecular weight is 331 g/mol. The van der Waals surface area contributed by atoms with Crippen LogP contribution in [0.5, 0.6) is 0 Å². The Bertz CT molecular complexity index is 6.00. The van der Waals surface area contributed by atoms with Crippen LogP contribution < -0.4 is 0 Å². The Morgan fingerprint density at radius 2 is 0.750 bits per heavy atom. The number of rotatable bonds is 0. The predicted octanol–water partition coefficient (Wildman–Crippen LogP) is -0.243. The second-order valence-corrected chi connectivity index (χ2v) is 0. The minimum Gasteiger partial charge on any atom is -2.00 e. The number of hydrogen-bond donors (Lipinski definition) is 0. The zero-order valence-electron chi connectivity index (χ0n) is 1.47. The fourth-order valence-corrected chi connectivity index (χ4v) is 0. The molecule has 4 heteroatoms. The van der Waals surface area contributed by atoms with E-state index in [1.165, 1.54) is 0 Å². The maximum atomic E-state index is 0. The second kappa shape index (κ2) is 29.1. The van der Waals surface area contributed by atoms with E-state index in [2.05, 4.69) is 0 Å². The van der Waals surface area contributed by atoms with Gasteiger partial charge in [0, 0.05) is 20.4 Å². The van der Waals surface area contributed by atoms with Gasteiger partial charge in [-0.2, -0.15) is 0 Å². The third kappa shape index (κ3) is 10.6. The van der Waals surface area contributed by atoms with Gasteiger partial charge in [0.1, 0.15) is 0 Å². The fourth-order valence-electron chi connectivity index (χ4n) is 0. The van der Waals surface area contributed by atoms with E-state index in [0.29, 0.717) is 0 Å². The summed E-state index contributed by atoms with van der Waals surface area (Å²) in [6.07, 6.45) is 0. The van der Waals surface area contributed by atoms with Gasteiger partial charge in [-0.1, -0.05) is 0 Å². The van der Waals surface area contributed by atoms with Crippen LogP contribution in [0, 0.1) is 0 Å². The molecule has 0 saturated heterocycles. The van der Waals surface area contributed by atoms with Gasteiger partial charge in [0.25, 0.3) is 0 Å². The minimum atomic E-state index is 0. The van der Waals surface area contributed by atoms with Crippen molar-refractivity contribution in [2.75, 3.05) is 0 Å². The molecule has 4 heavy (non-hydrogen) atoms. The van der Waals surface area contributed by atoms with Crippen molar-refractivity contribution < 1.29 is 51.5 Å². The van der Waals surface area contributed by atoms with E-state index >= 15 is 0 Å². The average Bonchev–Trinajstić information content (AvgIpc) is 0. The Morgan fingerprint density at radius 3 is 0.750 bits per heavy atom. The summed E-state index contributed by atoms with van der Waals surface area (Å²) in [7, 11) is 0. The van der Waals surface area contributed by atoms with Gasteiger partial charge in [0.2, 0.25) is 0 Å². The summed E-state index contributed by atoms with van der Waals surface area (Å²) in [6.45, 7) is 0. The van der Waals surface area contributed by atoms with E-state index < -0.39 is 0 Å². The van der Waals surface area contributed by atoms with E-state index in [-0.39, 0.29) is 51.5 Å². The Hall–Kier alpha value is 1.23. The number of hydrogen-bond acceptors (Lipinski definition) is 0. The molecule has 0 saturated carbocycles. The normalized spacial score (nSPS) is 0. The van der Waals surface area contributed by atoms with Crippen molar-refractivity contribution in [1.82, 2.24) is 0 Å². The molecule has 0 fully saturated rings. The van der Waals surface area contributed by atoms with E-state index in [9.17, 15) is 0 Å². The van der Waals surface area contributed by atoms with Crippen molar-refractivity contribution in [2.45, 2.75) is 0 Å². The third-order valence-electron chi connectivity index (χ3n) is 0. The monoisotopic (exact) mass is 331 g/mol. The van der Waals surface area contributed by atoms with Crippen LogP contribution in [0.3, 0.4) is 0 Å². The van der Waals surface area contributed by atoms with E-state index in [1.807, 2.05) is 0 Å². The zero-order valence-corrected chi connectivity index (χ0v) is 5.42. The first-order chi connectivity index (χ1) is 0. The van der Waals surface area contributed by atoms with Crippen molar-refractivity contribution in [3.05, 3.63) is 0 Å². The van der Waals surface area contributed by atoms with Gasteiger partial charge >= 0.3 is 20.1 Å². The second-order valence-electron chi connectivity index (χ2n) is 0. The van der Waals surface area contributed by atoms with Crippen molar-refractivity contribution in [3.8, 4) is 0 Å². The van der Waals surface area contributed by atoms with Crippen LogP contribution in [-0.4, -0.2) is 0 Å². The summed E-state index contributed by atoms with van der Waals surface area (Å²) >= 11 is 0. The molecule has 0 aromatic carbocycles. The van der Waals surface area contributed by atoms with E-state index in [0.717, 1.165) is 0 Å². The first-order valence-electron chi connectivity index (χ1n) is 0. The van der Waals surface area contributed by atoms with Gasteiger partial charge in [-0.05, 0) is 0 Å². The molecule has 0 rings (SSSR count). The molecule has 31 valence electrons. The molecule has 0 aromatic heterocycles. The Kier molecular flexibility index (Phi) is 450. The summed E-state index contributed by atoms with van der Waals surface area (Å²) in [5.74, 6) is 0. The third-order valence-corrected chi connectivity index (χ3v) is 0. The summed E-state index contributed by atoms with van der Waals surface area (Å²) < 4.78 is 0. The molecule has 0 unspecified atom stereocenters. The largest absolute Gasteiger partial charge is 4.00 e. The molecule has 0 aromatic rings. The first kappa shape index (κ1) is 61.8. The predicted molar refractivity (Wildman–Crippen MR) is 1.37 cm³/mol. The molecule has 0 bridgehead atoms. The molecule has 0 heterocycles. The van der Waals surface area contributed by atoms with Gasteiger partial charge in [0.15, 0.2) is 0 Å². The molecule has 0 N–H and O–H groups in total. The topological polar surface area (TPSA) is 57.0 Å². The van der Waals surface area contributed by atoms with E-state index in [4.69, 9.17) is 0 Å². The fraction of sp³-hybridized carbons (Fsp3) is 0. The smallest absolute Gasteiger partial charge is 2.00 e. The summed E-state index contributed by atoms with van der Waals surface area (Å²) in [4.78, 5) is 0. The van der Waals surface area contributed by atoms with Crippen LogP contribution >= 0.6 is 0 Å². The van der Waals surface area contributed by atoms with Crippen LogP contribution in [0.25, 0.3) is 0 Å². The first-order valence-corrected chi connectivity index (χ1v) is 0. The summed E-state index contributed by atoms with van der Waals surface area (Å²) in [5, 5.41) is 0. The van der Waals surface area contributed by atoms with Gasteiger partial charge in [-0.15, -0.1) is 0 Å². The van der Waals surface area contributed by atoms with Gasteiger partial charge in [0.05, 0.1) is 0 Å². The summed E-state index contributed by atoms with van der Waals surface area (Å²) in [6, 6.07) is 0. The summed E-state index contributed by atoms with van der Waals surface area (Å²) in [5.41, 5.74) is 0. The van der Waals surface area contributed by atoms with Crippen LogP contribution in [0.15, 0.2) is 0 Å².